The molecular formula is C18H21N3O4S2. The van der Waals surface area contributed by atoms with Gasteiger partial charge in [-0.05, 0) is 55.0 Å². The first-order chi connectivity index (χ1) is 12.9. The fraction of sp³-hybridized carbons (Fsp3) is 0.333. The highest BCUT2D eigenvalue weighted by Crippen LogP contribution is 2.18. The van der Waals surface area contributed by atoms with E-state index in [1.54, 1.807) is 11.3 Å². The van der Waals surface area contributed by atoms with E-state index in [0.717, 1.165) is 17.7 Å². The van der Waals surface area contributed by atoms with Gasteiger partial charge in [0, 0.05) is 23.0 Å². The zero-order chi connectivity index (χ0) is 19.3. The molecule has 0 aliphatic heterocycles. The predicted molar refractivity (Wildman–Crippen MR) is 103 cm³/mol. The van der Waals surface area contributed by atoms with E-state index in [1.807, 2.05) is 17.5 Å². The molecule has 0 atom stereocenters. The lowest BCUT2D eigenvalue weighted by atomic mass is 10.2. The average molecular weight is 408 g/mol. The zero-order valence-corrected chi connectivity index (χ0v) is 16.2. The largest absolute Gasteiger partial charge is 0.352 e. The van der Waals surface area contributed by atoms with Crippen LogP contribution in [-0.2, 0) is 21.2 Å². The highest BCUT2D eigenvalue weighted by molar-refractivity contribution is 7.89. The molecule has 9 heteroatoms. The number of carbonyl (C=O) groups is 2. The number of nitrogens with one attached hydrogen (secondary N) is 3. The summed E-state index contributed by atoms with van der Waals surface area (Å²) in [6.45, 7) is 0.209. The van der Waals surface area contributed by atoms with Crippen LogP contribution in [0, 0.1) is 0 Å². The second kappa shape index (κ2) is 8.64. The van der Waals surface area contributed by atoms with Crippen molar-refractivity contribution in [2.45, 2.75) is 30.2 Å². The topological polar surface area (TPSA) is 104 Å². The highest BCUT2D eigenvalue weighted by atomic mass is 32.2. The SMILES string of the molecule is O=C(CNC(=O)c1ccc(S(=O)(=O)NCCc2cccs2)cc1)NC1CC1. The fourth-order valence-corrected chi connectivity index (χ4v) is 4.14. The second-order valence-corrected chi connectivity index (χ2v) is 9.08. The van der Waals surface area contributed by atoms with E-state index in [4.69, 9.17) is 0 Å². The van der Waals surface area contributed by atoms with Crippen LogP contribution in [0.5, 0.6) is 0 Å². The Morgan fingerprint density at radius 1 is 1.11 bits per heavy atom. The first kappa shape index (κ1) is 19.5. The van der Waals surface area contributed by atoms with Gasteiger partial charge in [-0.25, -0.2) is 13.1 Å². The molecule has 144 valence electrons. The van der Waals surface area contributed by atoms with E-state index in [0.29, 0.717) is 18.5 Å². The van der Waals surface area contributed by atoms with Crippen molar-refractivity contribution in [1.29, 1.82) is 0 Å². The number of sulfonamides is 1. The molecule has 1 saturated carbocycles. The van der Waals surface area contributed by atoms with Gasteiger partial charge in [-0.1, -0.05) is 6.07 Å². The summed E-state index contributed by atoms with van der Waals surface area (Å²) in [7, 11) is -3.63. The van der Waals surface area contributed by atoms with Gasteiger partial charge in [-0.2, -0.15) is 0 Å². The Bertz CT molecular complexity index is 889. The quantitative estimate of drug-likeness (QED) is 0.582. The van der Waals surface area contributed by atoms with E-state index in [9.17, 15) is 18.0 Å². The molecule has 7 nitrogen and oxygen atoms in total. The van der Waals surface area contributed by atoms with Crippen molar-refractivity contribution in [2.24, 2.45) is 0 Å². The Hall–Kier alpha value is -2.23. The average Bonchev–Trinajstić information content (AvgIpc) is 3.31. The summed E-state index contributed by atoms with van der Waals surface area (Å²) in [6, 6.07) is 9.75. The van der Waals surface area contributed by atoms with Crippen molar-refractivity contribution in [2.75, 3.05) is 13.1 Å². The molecule has 1 heterocycles. The molecule has 0 radical (unpaired) electrons. The minimum absolute atomic E-state index is 0.0942. The van der Waals surface area contributed by atoms with Crippen LogP contribution in [0.15, 0.2) is 46.7 Å². The van der Waals surface area contributed by atoms with Crippen molar-refractivity contribution in [3.63, 3.8) is 0 Å². The lowest BCUT2D eigenvalue weighted by Gasteiger charge is -2.08. The molecule has 1 aromatic heterocycles. The van der Waals surface area contributed by atoms with Crippen molar-refractivity contribution in [3.8, 4) is 0 Å². The molecule has 0 bridgehead atoms. The number of amides is 2. The molecule has 2 aromatic rings. The fourth-order valence-electron chi connectivity index (χ4n) is 2.40. The third-order valence-corrected chi connectivity index (χ3v) is 6.44. The number of hydrogen-bond acceptors (Lipinski definition) is 5. The summed E-state index contributed by atoms with van der Waals surface area (Å²) in [4.78, 5) is 24.8. The Balaban J connectivity index is 1.50. The first-order valence-electron chi connectivity index (χ1n) is 8.64. The summed E-state index contributed by atoms with van der Waals surface area (Å²) < 4.78 is 27.2. The van der Waals surface area contributed by atoms with Crippen molar-refractivity contribution < 1.29 is 18.0 Å². The molecule has 3 rings (SSSR count). The molecule has 0 saturated heterocycles. The minimum Gasteiger partial charge on any atom is -0.352 e. The van der Waals surface area contributed by atoms with Gasteiger partial charge in [0.1, 0.15) is 0 Å². The van der Waals surface area contributed by atoms with Crippen molar-refractivity contribution >= 4 is 33.2 Å². The van der Waals surface area contributed by atoms with Crippen LogP contribution in [0.25, 0.3) is 0 Å². The molecule has 1 aromatic carbocycles. The third kappa shape index (κ3) is 5.88. The Morgan fingerprint density at radius 2 is 1.85 bits per heavy atom. The highest BCUT2D eigenvalue weighted by Gasteiger charge is 2.23. The summed E-state index contributed by atoms with van der Waals surface area (Å²) in [5.74, 6) is -0.643. The van der Waals surface area contributed by atoms with Crippen LogP contribution < -0.4 is 15.4 Å². The van der Waals surface area contributed by atoms with E-state index < -0.39 is 15.9 Å². The molecule has 27 heavy (non-hydrogen) atoms. The Morgan fingerprint density at radius 3 is 2.48 bits per heavy atom. The van der Waals surface area contributed by atoms with Crippen LogP contribution in [0.4, 0.5) is 0 Å². The van der Waals surface area contributed by atoms with Gasteiger partial charge in [0.25, 0.3) is 5.91 Å². The molecule has 2 amide bonds. The second-order valence-electron chi connectivity index (χ2n) is 6.28. The van der Waals surface area contributed by atoms with Crippen molar-refractivity contribution in [1.82, 2.24) is 15.4 Å². The number of hydrogen-bond donors (Lipinski definition) is 3. The van der Waals surface area contributed by atoms with Gasteiger partial charge in [0.2, 0.25) is 15.9 Å². The van der Waals surface area contributed by atoms with Crippen LogP contribution in [0.3, 0.4) is 0 Å². The summed E-state index contributed by atoms with van der Waals surface area (Å²) in [5.41, 5.74) is 0.298. The molecule has 0 spiro atoms. The van der Waals surface area contributed by atoms with Crippen LogP contribution in [0.2, 0.25) is 0 Å². The zero-order valence-electron chi connectivity index (χ0n) is 14.6. The van der Waals surface area contributed by atoms with E-state index in [2.05, 4.69) is 15.4 Å². The van der Waals surface area contributed by atoms with Gasteiger partial charge >= 0.3 is 0 Å². The van der Waals surface area contributed by atoms with Crippen molar-refractivity contribution in [3.05, 3.63) is 52.2 Å². The van der Waals surface area contributed by atoms with E-state index in [-0.39, 0.29) is 23.4 Å². The van der Waals surface area contributed by atoms with Gasteiger partial charge < -0.3 is 10.6 Å². The Kier molecular flexibility index (Phi) is 6.25. The lowest BCUT2D eigenvalue weighted by Crippen LogP contribution is -2.37. The van der Waals surface area contributed by atoms with E-state index in [1.165, 1.54) is 24.3 Å². The van der Waals surface area contributed by atoms with Gasteiger partial charge in [0.15, 0.2) is 0 Å². The smallest absolute Gasteiger partial charge is 0.251 e. The molecule has 3 N–H and O–H groups in total. The van der Waals surface area contributed by atoms with E-state index >= 15 is 0 Å². The molecular weight excluding hydrogens is 386 g/mol. The molecule has 1 fully saturated rings. The maximum Gasteiger partial charge on any atom is 0.251 e. The van der Waals surface area contributed by atoms with Gasteiger partial charge in [0.05, 0.1) is 11.4 Å². The monoisotopic (exact) mass is 407 g/mol. The van der Waals surface area contributed by atoms with Gasteiger partial charge in [-0.15, -0.1) is 11.3 Å². The predicted octanol–water partition coefficient (Wildman–Crippen LogP) is 1.28. The lowest BCUT2D eigenvalue weighted by molar-refractivity contribution is -0.120. The Labute approximate surface area is 162 Å². The van der Waals surface area contributed by atoms with Crippen LogP contribution in [-0.4, -0.2) is 39.4 Å². The number of benzene rings is 1. The summed E-state index contributed by atoms with van der Waals surface area (Å²) >= 11 is 1.58. The summed E-state index contributed by atoms with van der Waals surface area (Å²) in [5, 5.41) is 7.25. The molecule has 1 aliphatic rings. The number of carbonyl (C=O) groups excluding carboxylic acids is 2. The molecule has 1 aliphatic carbocycles. The maximum absolute atomic E-state index is 12.3. The summed E-state index contributed by atoms with van der Waals surface area (Å²) in [6.07, 6.45) is 2.59. The normalized spacial score (nSPS) is 13.9. The number of rotatable bonds is 9. The maximum atomic E-state index is 12.3. The van der Waals surface area contributed by atoms with Crippen LogP contribution >= 0.6 is 11.3 Å². The van der Waals surface area contributed by atoms with Gasteiger partial charge in [-0.3, -0.25) is 9.59 Å². The minimum atomic E-state index is -3.63. The molecule has 0 unspecified atom stereocenters. The standard InChI is InChI=1S/C18H21N3O4S2/c22-17(21-14-5-6-14)12-19-18(23)13-3-7-16(8-4-13)27(24,25)20-10-9-15-2-1-11-26-15/h1-4,7-8,11,14,20H,5-6,9-10,12H2,(H,19,23)(H,21,22). The first-order valence-corrected chi connectivity index (χ1v) is 11.0. The van der Waals surface area contributed by atoms with Crippen LogP contribution in [0.1, 0.15) is 28.1 Å². The third-order valence-electron chi connectivity index (χ3n) is 4.02. The number of thiophene rings is 1.